The van der Waals surface area contributed by atoms with Crippen LogP contribution in [-0.2, 0) is 14.3 Å². The zero-order chi connectivity index (χ0) is 11.3. The van der Waals surface area contributed by atoms with Crippen LogP contribution in [0.5, 0.6) is 0 Å². The maximum absolute atomic E-state index is 11.2. The third kappa shape index (κ3) is 3.04. The molecule has 0 aromatic rings. The number of carbonyl (C=O) groups is 1. The van der Waals surface area contributed by atoms with Crippen LogP contribution in [0.25, 0.3) is 0 Å². The molecule has 1 heterocycles. The van der Waals surface area contributed by atoms with Gasteiger partial charge in [0.1, 0.15) is 6.10 Å². The highest BCUT2D eigenvalue weighted by Crippen LogP contribution is 2.38. The molecule has 1 amide bonds. The summed E-state index contributed by atoms with van der Waals surface area (Å²) in [5.74, 6) is -1.14. The van der Waals surface area contributed by atoms with E-state index in [-0.39, 0.29) is 12.0 Å². The van der Waals surface area contributed by atoms with Gasteiger partial charge >= 0.3 is 0 Å². The summed E-state index contributed by atoms with van der Waals surface area (Å²) in [6.07, 6.45) is 4.00. The molecule has 0 spiro atoms. The van der Waals surface area contributed by atoms with Crippen LogP contribution >= 0.6 is 0 Å². The van der Waals surface area contributed by atoms with Gasteiger partial charge in [-0.3, -0.25) is 10.1 Å². The fourth-order valence-electron chi connectivity index (χ4n) is 1.44. The summed E-state index contributed by atoms with van der Waals surface area (Å²) >= 11 is 0. The quantitative estimate of drug-likeness (QED) is 0.397. The van der Waals surface area contributed by atoms with Crippen molar-refractivity contribution >= 4 is 5.91 Å². The van der Waals surface area contributed by atoms with Crippen molar-refractivity contribution in [1.29, 1.82) is 0 Å². The van der Waals surface area contributed by atoms with Gasteiger partial charge in [-0.05, 0) is 18.9 Å². The van der Waals surface area contributed by atoms with E-state index in [1.54, 1.807) is 0 Å². The van der Waals surface area contributed by atoms with Crippen molar-refractivity contribution in [2.45, 2.75) is 45.1 Å². The number of nitrogens with one attached hydrogen (secondary N) is 1. The van der Waals surface area contributed by atoms with Gasteiger partial charge in [-0.15, -0.1) is 0 Å². The van der Waals surface area contributed by atoms with Gasteiger partial charge in [-0.1, -0.05) is 26.8 Å². The monoisotopic (exact) mass is 213 g/mol. The first-order valence-electron chi connectivity index (χ1n) is 5.44. The van der Waals surface area contributed by atoms with E-state index in [0.717, 1.165) is 19.3 Å². The predicted molar refractivity (Wildman–Crippen MR) is 57.1 cm³/mol. The van der Waals surface area contributed by atoms with Crippen LogP contribution in [0.1, 0.15) is 33.1 Å². The summed E-state index contributed by atoms with van der Waals surface area (Å²) in [7, 11) is 0. The lowest BCUT2D eigenvalue weighted by Gasteiger charge is -2.14. The van der Waals surface area contributed by atoms with Crippen molar-refractivity contribution in [2.75, 3.05) is 6.61 Å². The molecule has 86 valence electrons. The molecular weight excluding hydrogens is 194 g/mol. The van der Waals surface area contributed by atoms with Crippen LogP contribution in [0, 0.1) is 0 Å². The Hall–Kier alpha value is -0.870. The summed E-state index contributed by atoms with van der Waals surface area (Å²) < 4.78 is 10.9. The van der Waals surface area contributed by atoms with Gasteiger partial charge in [0, 0.05) is 0 Å². The van der Waals surface area contributed by atoms with Crippen LogP contribution in [0.4, 0.5) is 0 Å². The molecule has 1 N–H and O–H groups in total. The Morgan fingerprint density at radius 3 is 2.87 bits per heavy atom. The maximum Gasteiger partial charge on any atom is 0.280 e. The van der Waals surface area contributed by atoms with Crippen molar-refractivity contribution in [3.8, 4) is 0 Å². The number of hydrogen-bond acceptors (Lipinski definition) is 3. The van der Waals surface area contributed by atoms with E-state index in [0.29, 0.717) is 6.61 Å². The topological polar surface area (TPSA) is 50.9 Å². The zero-order valence-electron chi connectivity index (χ0n) is 9.41. The van der Waals surface area contributed by atoms with Crippen molar-refractivity contribution < 1.29 is 14.3 Å². The van der Waals surface area contributed by atoms with Gasteiger partial charge in [0.2, 0.25) is 5.91 Å². The second-order valence-electron chi connectivity index (χ2n) is 3.60. The normalized spacial score (nSPS) is 28.5. The number of amides is 1. The van der Waals surface area contributed by atoms with Crippen molar-refractivity contribution in [3.05, 3.63) is 12.7 Å². The maximum atomic E-state index is 11.2. The highest BCUT2D eigenvalue weighted by Gasteiger charge is 2.58. The number of hydrogen-bond donors (Lipinski definition) is 1. The smallest absolute Gasteiger partial charge is 0.280 e. The number of carbonyl (C=O) groups excluding carboxylic acids is 1. The average Bonchev–Trinajstić information content (AvgIpc) is 2.89. The molecule has 0 aromatic heterocycles. The third-order valence-corrected chi connectivity index (χ3v) is 2.24. The van der Waals surface area contributed by atoms with Gasteiger partial charge < -0.3 is 9.47 Å². The van der Waals surface area contributed by atoms with E-state index in [9.17, 15) is 4.79 Å². The number of ether oxygens (including phenoxy) is 2. The Morgan fingerprint density at radius 2 is 2.33 bits per heavy atom. The van der Waals surface area contributed by atoms with Gasteiger partial charge in [0.05, 0.1) is 6.61 Å². The van der Waals surface area contributed by atoms with Gasteiger partial charge in [0.25, 0.3) is 5.91 Å². The first kappa shape index (κ1) is 12.2. The minimum atomic E-state index is -0.878. The molecule has 2 atom stereocenters. The predicted octanol–water partition coefficient (Wildman–Crippen LogP) is 1.57. The van der Waals surface area contributed by atoms with Crippen LogP contribution < -0.4 is 5.32 Å². The average molecular weight is 213 g/mol. The van der Waals surface area contributed by atoms with Crippen molar-refractivity contribution in [3.63, 3.8) is 0 Å². The summed E-state index contributed by atoms with van der Waals surface area (Å²) in [4.78, 5) is 11.2. The fraction of sp³-hybridized carbons (Fsp3) is 0.727. The Labute approximate surface area is 90.6 Å². The Kier molecular flexibility index (Phi) is 4.29. The molecule has 1 aliphatic rings. The van der Waals surface area contributed by atoms with E-state index < -0.39 is 5.91 Å². The molecule has 2 unspecified atom stereocenters. The molecule has 15 heavy (non-hydrogen) atoms. The van der Waals surface area contributed by atoms with Crippen LogP contribution in [-0.4, -0.2) is 24.5 Å². The number of rotatable bonds is 7. The summed E-state index contributed by atoms with van der Waals surface area (Å²) in [5, 5.41) is 2.69. The first-order valence-corrected chi connectivity index (χ1v) is 5.44. The van der Waals surface area contributed by atoms with E-state index in [1.807, 2.05) is 6.92 Å². The second kappa shape index (κ2) is 5.28. The molecule has 0 aliphatic carbocycles. The van der Waals surface area contributed by atoms with Crippen molar-refractivity contribution in [1.82, 2.24) is 5.32 Å². The molecular formula is C11H19NO3. The lowest BCUT2D eigenvalue weighted by atomic mass is 10.2. The minimum Gasteiger partial charge on any atom is -0.331 e. The molecule has 0 bridgehead atoms. The molecule has 0 radical (unpaired) electrons. The van der Waals surface area contributed by atoms with E-state index in [2.05, 4.69) is 18.8 Å². The summed E-state index contributed by atoms with van der Waals surface area (Å²) in [5.41, 5.74) is 0. The van der Waals surface area contributed by atoms with Crippen LogP contribution in [0.3, 0.4) is 0 Å². The Bertz CT molecular complexity index is 242. The highest BCUT2D eigenvalue weighted by molar-refractivity contribution is 5.87. The molecule has 1 aliphatic heterocycles. The van der Waals surface area contributed by atoms with Gasteiger partial charge in [0.15, 0.2) is 0 Å². The Morgan fingerprint density at radius 1 is 1.60 bits per heavy atom. The highest BCUT2D eigenvalue weighted by atomic mass is 16.8. The third-order valence-electron chi connectivity index (χ3n) is 2.24. The van der Waals surface area contributed by atoms with Crippen LogP contribution in [0.2, 0.25) is 0 Å². The van der Waals surface area contributed by atoms with Gasteiger partial charge in [-0.25, -0.2) is 0 Å². The molecule has 1 saturated heterocycles. The standard InChI is InChI=1S/C11H19NO3/c1-4-7-9-11(15-9,14-8-5-2)12-10(13)6-3/h6,9H,3-5,7-8H2,1-2H3,(H,12,13). The SMILES string of the molecule is C=CC(=O)NC1(OCCC)OC1CCC. The largest absolute Gasteiger partial charge is 0.331 e. The molecule has 0 saturated carbocycles. The molecule has 1 rings (SSSR count). The second-order valence-corrected chi connectivity index (χ2v) is 3.60. The van der Waals surface area contributed by atoms with E-state index in [4.69, 9.17) is 9.47 Å². The summed E-state index contributed by atoms with van der Waals surface area (Å²) in [6, 6.07) is 0. The van der Waals surface area contributed by atoms with Crippen LogP contribution in [0.15, 0.2) is 12.7 Å². The molecule has 4 nitrogen and oxygen atoms in total. The lowest BCUT2D eigenvalue weighted by Crippen LogP contribution is -2.41. The van der Waals surface area contributed by atoms with Crippen molar-refractivity contribution in [2.24, 2.45) is 0 Å². The number of epoxide rings is 1. The Balaban J connectivity index is 2.48. The zero-order valence-corrected chi connectivity index (χ0v) is 9.41. The molecule has 4 heteroatoms. The van der Waals surface area contributed by atoms with E-state index in [1.165, 1.54) is 6.08 Å². The van der Waals surface area contributed by atoms with E-state index >= 15 is 0 Å². The molecule has 0 aromatic carbocycles. The lowest BCUT2D eigenvalue weighted by molar-refractivity contribution is -0.129. The first-order chi connectivity index (χ1) is 7.18. The fourth-order valence-corrected chi connectivity index (χ4v) is 1.44. The minimum absolute atomic E-state index is 0.0158. The van der Waals surface area contributed by atoms with Gasteiger partial charge in [-0.2, -0.15) is 0 Å². The molecule has 1 fully saturated rings. The summed E-state index contributed by atoms with van der Waals surface area (Å²) in [6.45, 7) is 8.07.